The van der Waals surface area contributed by atoms with E-state index in [1.807, 2.05) is 6.07 Å². The maximum absolute atomic E-state index is 14.1. The number of imide groups is 1. The van der Waals surface area contributed by atoms with Gasteiger partial charge in [-0.15, -0.1) is 0 Å². The molecule has 0 radical (unpaired) electrons. The Morgan fingerprint density at radius 3 is 1.64 bits per heavy atom. The van der Waals surface area contributed by atoms with Crippen LogP contribution in [0.5, 0.6) is 0 Å². The van der Waals surface area contributed by atoms with E-state index in [4.69, 9.17) is 15.2 Å². The summed E-state index contributed by atoms with van der Waals surface area (Å²) in [6, 6.07) is 6.25. The van der Waals surface area contributed by atoms with Crippen molar-refractivity contribution in [3.05, 3.63) is 35.9 Å². The lowest BCUT2D eigenvalue weighted by Gasteiger charge is -2.49. The number of ether oxygens (including phenoxy) is 2. The van der Waals surface area contributed by atoms with Crippen molar-refractivity contribution < 1.29 is 39.2 Å². The molecule has 3 amide bonds. The Morgan fingerprint density at radius 2 is 1.18 bits per heavy atom. The lowest BCUT2D eigenvalue weighted by atomic mass is 9.93. The molecule has 11 heteroatoms. The first-order valence-corrected chi connectivity index (χ1v) is 22.4. The van der Waals surface area contributed by atoms with E-state index in [1.165, 1.54) is 108 Å². The van der Waals surface area contributed by atoms with Crippen LogP contribution in [0.15, 0.2) is 30.3 Å². The fourth-order valence-corrected chi connectivity index (χ4v) is 7.59. The van der Waals surface area contributed by atoms with Gasteiger partial charge in [-0.1, -0.05) is 179 Å². The summed E-state index contributed by atoms with van der Waals surface area (Å²) >= 11 is 0. The smallest absolute Gasteiger partial charge is 0.417 e. The highest BCUT2D eigenvalue weighted by atomic mass is 16.6. The van der Waals surface area contributed by atoms with Gasteiger partial charge in [-0.2, -0.15) is 0 Å². The van der Waals surface area contributed by atoms with E-state index >= 15 is 0 Å². The van der Waals surface area contributed by atoms with Gasteiger partial charge in [0.25, 0.3) is 0 Å². The molecule has 1 aromatic carbocycles. The van der Waals surface area contributed by atoms with Gasteiger partial charge in [0.05, 0.1) is 12.6 Å². The van der Waals surface area contributed by atoms with E-state index in [9.17, 15) is 29.7 Å². The van der Waals surface area contributed by atoms with Crippen molar-refractivity contribution in [3.8, 4) is 0 Å². The predicted molar refractivity (Wildman–Crippen MR) is 223 cm³/mol. The number of nitrogens with two attached hydrogens (primary N) is 1. The van der Waals surface area contributed by atoms with Crippen LogP contribution in [0.1, 0.15) is 180 Å². The predicted octanol–water partition coefficient (Wildman–Crippen LogP) is 8.54. The van der Waals surface area contributed by atoms with Crippen LogP contribution in [0.3, 0.4) is 0 Å². The van der Waals surface area contributed by atoms with Crippen molar-refractivity contribution in [2.24, 2.45) is 5.73 Å². The zero-order valence-electron chi connectivity index (χ0n) is 35.3. The monoisotopic (exact) mass is 790 g/mol. The molecule has 0 saturated carbocycles. The SMILES string of the molecule is CCCCCCCCCCCCCCCCN(C(=O)CCCCCCCCCCC)[C@@H]1O[C@H](CO)[C@@H](O)[C@H](O)[C@H]1N(C(=O)OCc1ccccc1)C(=O)[C@H](C)N. The topological polar surface area (TPSA) is 163 Å². The van der Waals surface area contributed by atoms with Crippen LogP contribution in [-0.2, 0) is 25.7 Å². The number of carbonyl (C=O) groups excluding carboxylic acids is 3. The number of hydrogen-bond acceptors (Lipinski definition) is 9. The first kappa shape index (κ1) is 49.6. The summed E-state index contributed by atoms with van der Waals surface area (Å²) in [5.41, 5.74) is 6.72. The van der Waals surface area contributed by atoms with E-state index in [1.54, 1.807) is 24.3 Å². The van der Waals surface area contributed by atoms with Crippen LogP contribution in [0, 0.1) is 0 Å². The molecule has 6 atom stereocenters. The van der Waals surface area contributed by atoms with Gasteiger partial charge in [-0.05, 0) is 25.3 Å². The van der Waals surface area contributed by atoms with E-state index in [2.05, 4.69) is 13.8 Å². The van der Waals surface area contributed by atoms with Crippen LogP contribution in [-0.4, -0.2) is 92.8 Å². The van der Waals surface area contributed by atoms with Gasteiger partial charge in [0, 0.05) is 13.0 Å². The van der Waals surface area contributed by atoms with Crippen molar-refractivity contribution in [1.29, 1.82) is 0 Å². The minimum Gasteiger partial charge on any atom is -0.444 e. The second kappa shape index (κ2) is 30.5. The summed E-state index contributed by atoms with van der Waals surface area (Å²) in [6.07, 6.45) is 19.5. The zero-order chi connectivity index (χ0) is 41.0. The Bertz CT molecular complexity index is 1170. The third-order valence-corrected chi connectivity index (χ3v) is 11.1. The van der Waals surface area contributed by atoms with Crippen LogP contribution >= 0.6 is 0 Å². The zero-order valence-corrected chi connectivity index (χ0v) is 35.3. The molecule has 0 aromatic heterocycles. The highest BCUT2D eigenvalue weighted by Gasteiger charge is 2.53. The highest BCUT2D eigenvalue weighted by molar-refractivity contribution is 5.95. The molecule has 1 aliphatic heterocycles. The second-order valence-corrected chi connectivity index (χ2v) is 16.0. The number of benzene rings is 1. The normalized spacial score (nSPS) is 20.1. The van der Waals surface area contributed by atoms with E-state index in [0.717, 1.165) is 38.5 Å². The third kappa shape index (κ3) is 18.8. The van der Waals surface area contributed by atoms with Crippen molar-refractivity contribution in [2.45, 2.75) is 218 Å². The molecule has 1 heterocycles. The maximum Gasteiger partial charge on any atom is 0.417 e. The molecule has 11 nitrogen and oxygen atoms in total. The van der Waals surface area contributed by atoms with Crippen molar-refractivity contribution >= 4 is 17.9 Å². The lowest BCUT2D eigenvalue weighted by molar-refractivity contribution is -0.244. The minimum atomic E-state index is -1.75. The van der Waals surface area contributed by atoms with Crippen LogP contribution in [0.25, 0.3) is 0 Å². The molecular weight excluding hydrogens is 711 g/mol. The molecule has 1 saturated heterocycles. The molecule has 0 unspecified atom stereocenters. The Labute approximate surface area is 339 Å². The first-order chi connectivity index (χ1) is 27.2. The summed E-state index contributed by atoms with van der Waals surface area (Å²) in [5, 5.41) is 32.8. The van der Waals surface area contributed by atoms with Gasteiger partial charge < -0.3 is 35.4 Å². The van der Waals surface area contributed by atoms with Gasteiger partial charge in [0.1, 0.15) is 31.0 Å². The van der Waals surface area contributed by atoms with Crippen LogP contribution in [0.2, 0.25) is 0 Å². The van der Waals surface area contributed by atoms with E-state index in [0.29, 0.717) is 23.3 Å². The first-order valence-electron chi connectivity index (χ1n) is 22.4. The fraction of sp³-hybridized carbons (Fsp3) is 0.800. The number of aliphatic hydroxyl groups excluding tert-OH is 3. The number of hydrogen-bond donors (Lipinski definition) is 4. The average Bonchev–Trinajstić information content (AvgIpc) is 3.20. The molecule has 1 aliphatic rings. The van der Waals surface area contributed by atoms with E-state index < -0.39 is 55.2 Å². The van der Waals surface area contributed by atoms with Gasteiger partial charge in [0.2, 0.25) is 11.8 Å². The molecule has 0 spiro atoms. The Balaban J connectivity index is 2.18. The van der Waals surface area contributed by atoms with Gasteiger partial charge >= 0.3 is 6.09 Å². The Hall–Kier alpha value is -2.57. The summed E-state index contributed by atoms with van der Waals surface area (Å²) in [6.45, 7) is 5.34. The Morgan fingerprint density at radius 1 is 0.714 bits per heavy atom. The van der Waals surface area contributed by atoms with Crippen molar-refractivity contribution in [3.63, 3.8) is 0 Å². The molecule has 1 fully saturated rings. The maximum atomic E-state index is 14.1. The minimum absolute atomic E-state index is 0.154. The number of nitrogens with zero attached hydrogens (tertiary/aromatic N) is 2. The molecule has 5 N–H and O–H groups in total. The van der Waals surface area contributed by atoms with Gasteiger partial charge in [-0.3, -0.25) is 9.59 Å². The van der Waals surface area contributed by atoms with Gasteiger partial charge in [-0.25, -0.2) is 9.69 Å². The summed E-state index contributed by atoms with van der Waals surface area (Å²) < 4.78 is 11.8. The number of aliphatic hydroxyl groups is 3. The molecule has 322 valence electrons. The molecule has 2 rings (SSSR count). The average molecular weight is 790 g/mol. The third-order valence-electron chi connectivity index (χ3n) is 11.1. The summed E-state index contributed by atoms with van der Waals surface area (Å²) in [4.78, 5) is 43.8. The largest absolute Gasteiger partial charge is 0.444 e. The highest BCUT2D eigenvalue weighted by Crippen LogP contribution is 2.30. The molecule has 1 aromatic rings. The number of unbranched alkanes of at least 4 members (excludes halogenated alkanes) is 21. The number of carbonyl (C=O) groups is 3. The summed E-state index contributed by atoms with van der Waals surface area (Å²) in [5.74, 6) is -1.08. The Kier molecular flexibility index (Phi) is 27.0. The number of amides is 3. The number of rotatable bonds is 31. The van der Waals surface area contributed by atoms with Crippen LogP contribution in [0.4, 0.5) is 4.79 Å². The summed E-state index contributed by atoms with van der Waals surface area (Å²) in [7, 11) is 0. The molecule has 56 heavy (non-hydrogen) atoms. The molecule has 0 aliphatic carbocycles. The van der Waals surface area contributed by atoms with Crippen LogP contribution < -0.4 is 5.73 Å². The van der Waals surface area contributed by atoms with E-state index in [-0.39, 0.29) is 25.5 Å². The molecular formula is C45H79N3O8. The van der Waals surface area contributed by atoms with Gasteiger partial charge in [0.15, 0.2) is 6.23 Å². The van der Waals surface area contributed by atoms with Crippen molar-refractivity contribution in [2.75, 3.05) is 13.2 Å². The molecule has 0 bridgehead atoms. The van der Waals surface area contributed by atoms with Crippen molar-refractivity contribution in [1.82, 2.24) is 9.80 Å². The quantitative estimate of drug-likeness (QED) is 0.0540. The lowest BCUT2D eigenvalue weighted by Crippen LogP contribution is -2.71. The fourth-order valence-electron chi connectivity index (χ4n) is 7.59. The standard InChI is InChI=1S/C45H79N3O8/c1-4-6-8-10-12-14-15-16-17-18-20-22-24-29-33-47(39(50)32-28-23-21-19-13-11-9-7-5-2)44-40(42(52)41(51)38(34-49)56-44)48(43(53)36(3)46)45(54)55-35-37-30-26-25-27-31-37/h25-27,30-31,36,38,40-42,44,49,51-52H,4-24,28-29,32-35,46H2,1-3H3/t36-,38+,40+,41+,42+,44+/m0/s1. The second-order valence-electron chi connectivity index (χ2n) is 16.0.